The summed E-state index contributed by atoms with van der Waals surface area (Å²) >= 11 is 0. The van der Waals surface area contributed by atoms with E-state index in [2.05, 4.69) is 29.1 Å². The van der Waals surface area contributed by atoms with Crippen molar-refractivity contribution in [2.75, 3.05) is 6.54 Å². The minimum absolute atomic E-state index is 0.372. The fourth-order valence-electron chi connectivity index (χ4n) is 1.25. The van der Waals surface area contributed by atoms with Gasteiger partial charge in [0.25, 0.3) is 0 Å². The number of hydrogen-bond acceptors (Lipinski definition) is 2. The van der Waals surface area contributed by atoms with Gasteiger partial charge in [0.1, 0.15) is 0 Å². The van der Waals surface area contributed by atoms with Crippen LogP contribution in [-0.4, -0.2) is 11.5 Å². The molecule has 14 heavy (non-hydrogen) atoms. The number of aromatic nitrogens is 1. The Morgan fingerprint density at radius 3 is 2.79 bits per heavy atom. The molecular formula is C12H16N2. The van der Waals surface area contributed by atoms with Crippen LogP contribution in [0, 0.1) is 11.8 Å². The van der Waals surface area contributed by atoms with E-state index in [1.165, 1.54) is 5.56 Å². The van der Waals surface area contributed by atoms with E-state index in [0.29, 0.717) is 6.04 Å². The molecule has 0 fully saturated rings. The van der Waals surface area contributed by atoms with Crippen molar-refractivity contribution in [2.24, 2.45) is 0 Å². The van der Waals surface area contributed by atoms with E-state index in [1.807, 2.05) is 31.5 Å². The van der Waals surface area contributed by atoms with E-state index < -0.39 is 0 Å². The summed E-state index contributed by atoms with van der Waals surface area (Å²) in [7, 11) is 0. The molecule has 1 rings (SSSR count). The molecular weight excluding hydrogens is 172 g/mol. The molecule has 2 nitrogen and oxygen atoms in total. The Bertz CT molecular complexity index is 308. The van der Waals surface area contributed by atoms with E-state index in [4.69, 9.17) is 0 Å². The molecule has 2 heteroatoms. The summed E-state index contributed by atoms with van der Waals surface area (Å²) in [5.41, 5.74) is 1.27. The van der Waals surface area contributed by atoms with Crippen LogP contribution in [0.4, 0.5) is 0 Å². The SMILES string of the molecule is CC#CCCN[C@@H](C)c1ccncc1. The van der Waals surface area contributed by atoms with Crippen LogP contribution in [0.25, 0.3) is 0 Å². The van der Waals surface area contributed by atoms with Gasteiger partial charge in [-0.2, -0.15) is 0 Å². The largest absolute Gasteiger partial charge is 0.309 e. The average Bonchev–Trinajstić information content (AvgIpc) is 2.25. The van der Waals surface area contributed by atoms with Crippen molar-refractivity contribution in [3.8, 4) is 11.8 Å². The Kier molecular flexibility index (Phi) is 4.74. The molecule has 0 amide bonds. The number of rotatable bonds is 4. The number of nitrogens with zero attached hydrogens (tertiary/aromatic N) is 1. The lowest BCUT2D eigenvalue weighted by Crippen LogP contribution is -2.19. The van der Waals surface area contributed by atoms with Gasteiger partial charge < -0.3 is 5.32 Å². The van der Waals surface area contributed by atoms with Gasteiger partial charge in [-0.05, 0) is 31.5 Å². The van der Waals surface area contributed by atoms with Crippen LogP contribution in [0.5, 0.6) is 0 Å². The van der Waals surface area contributed by atoms with Crippen molar-refractivity contribution >= 4 is 0 Å². The number of pyridine rings is 1. The fourth-order valence-corrected chi connectivity index (χ4v) is 1.25. The molecule has 1 aromatic rings. The molecule has 0 bridgehead atoms. The van der Waals surface area contributed by atoms with Gasteiger partial charge in [-0.1, -0.05) is 0 Å². The van der Waals surface area contributed by atoms with E-state index in [9.17, 15) is 0 Å². The van der Waals surface area contributed by atoms with E-state index >= 15 is 0 Å². The highest BCUT2D eigenvalue weighted by atomic mass is 14.9. The second-order valence-corrected chi connectivity index (χ2v) is 3.13. The topological polar surface area (TPSA) is 24.9 Å². The van der Waals surface area contributed by atoms with Crippen LogP contribution in [0.2, 0.25) is 0 Å². The van der Waals surface area contributed by atoms with Gasteiger partial charge in [0.2, 0.25) is 0 Å². The maximum absolute atomic E-state index is 3.99. The van der Waals surface area contributed by atoms with Crippen molar-refractivity contribution in [2.45, 2.75) is 26.3 Å². The summed E-state index contributed by atoms with van der Waals surface area (Å²) in [6.07, 6.45) is 4.55. The van der Waals surface area contributed by atoms with Crippen LogP contribution in [0.3, 0.4) is 0 Å². The smallest absolute Gasteiger partial charge is 0.0293 e. The van der Waals surface area contributed by atoms with Crippen LogP contribution < -0.4 is 5.32 Å². The Balaban J connectivity index is 2.34. The molecule has 1 atom stereocenters. The molecule has 0 aliphatic rings. The zero-order chi connectivity index (χ0) is 10.2. The minimum Gasteiger partial charge on any atom is -0.309 e. The Hall–Kier alpha value is -1.33. The third-order valence-corrected chi connectivity index (χ3v) is 2.08. The molecule has 0 aromatic carbocycles. The van der Waals surface area contributed by atoms with Crippen LogP contribution in [-0.2, 0) is 0 Å². The van der Waals surface area contributed by atoms with Gasteiger partial charge in [0.15, 0.2) is 0 Å². The van der Waals surface area contributed by atoms with E-state index in [1.54, 1.807) is 0 Å². The van der Waals surface area contributed by atoms with Crippen molar-refractivity contribution in [1.29, 1.82) is 0 Å². The van der Waals surface area contributed by atoms with Gasteiger partial charge >= 0.3 is 0 Å². The van der Waals surface area contributed by atoms with Gasteiger partial charge in [0.05, 0.1) is 0 Å². The third kappa shape index (κ3) is 3.59. The summed E-state index contributed by atoms with van der Waals surface area (Å²) in [6, 6.07) is 4.43. The maximum atomic E-state index is 3.99. The Morgan fingerprint density at radius 1 is 1.43 bits per heavy atom. The first-order valence-corrected chi connectivity index (χ1v) is 4.87. The van der Waals surface area contributed by atoms with Gasteiger partial charge in [-0.25, -0.2) is 0 Å². The predicted molar refractivity (Wildman–Crippen MR) is 58.7 cm³/mol. The lowest BCUT2D eigenvalue weighted by atomic mass is 10.1. The van der Waals surface area contributed by atoms with E-state index in [0.717, 1.165) is 13.0 Å². The minimum atomic E-state index is 0.372. The zero-order valence-electron chi connectivity index (χ0n) is 8.75. The van der Waals surface area contributed by atoms with Crippen LogP contribution in [0.1, 0.15) is 31.9 Å². The average molecular weight is 188 g/mol. The summed E-state index contributed by atoms with van der Waals surface area (Å²) in [5, 5.41) is 3.40. The first kappa shape index (κ1) is 10.7. The molecule has 1 aromatic heterocycles. The van der Waals surface area contributed by atoms with Gasteiger partial charge in [-0.15, -0.1) is 11.8 Å². The quantitative estimate of drug-likeness (QED) is 0.578. The predicted octanol–water partition coefficient (Wildman–Crippen LogP) is 2.15. The summed E-state index contributed by atoms with van der Waals surface area (Å²) in [6.45, 7) is 4.95. The molecule has 0 radical (unpaired) electrons. The maximum Gasteiger partial charge on any atom is 0.0293 e. The highest BCUT2D eigenvalue weighted by Gasteiger charge is 2.01. The van der Waals surface area contributed by atoms with Crippen molar-refractivity contribution in [3.05, 3.63) is 30.1 Å². The molecule has 0 unspecified atom stereocenters. The molecule has 0 saturated carbocycles. The first-order chi connectivity index (χ1) is 6.84. The van der Waals surface area contributed by atoms with Crippen molar-refractivity contribution < 1.29 is 0 Å². The second kappa shape index (κ2) is 6.17. The molecule has 74 valence electrons. The summed E-state index contributed by atoms with van der Waals surface area (Å²) < 4.78 is 0. The molecule has 1 N–H and O–H groups in total. The highest BCUT2D eigenvalue weighted by Crippen LogP contribution is 2.09. The van der Waals surface area contributed by atoms with Crippen LogP contribution in [0.15, 0.2) is 24.5 Å². The number of nitrogens with one attached hydrogen (secondary N) is 1. The molecule has 1 heterocycles. The standard InChI is InChI=1S/C12H16N2/c1-3-4-5-8-14-11(2)12-6-9-13-10-7-12/h6-7,9-11,14H,5,8H2,1-2H3/t11-/m0/s1. The monoisotopic (exact) mass is 188 g/mol. The van der Waals surface area contributed by atoms with Gasteiger partial charge in [0, 0.05) is 31.4 Å². The summed E-state index contributed by atoms with van der Waals surface area (Å²) in [4.78, 5) is 3.99. The summed E-state index contributed by atoms with van der Waals surface area (Å²) in [5.74, 6) is 5.91. The molecule has 0 saturated heterocycles. The highest BCUT2D eigenvalue weighted by molar-refractivity contribution is 5.13. The zero-order valence-corrected chi connectivity index (χ0v) is 8.75. The third-order valence-electron chi connectivity index (χ3n) is 2.08. The van der Waals surface area contributed by atoms with Crippen molar-refractivity contribution in [1.82, 2.24) is 10.3 Å². The van der Waals surface area contributed by atoms with Crippen molar-refractivity contribution in [3.63, 3.8) is 0 Å². The molecule has 0 spiro atoms. The molecule has 0 aliphatic heterocycles. The Labute approximate surface area is 85.8 Å². The fraction of sp³-hybridized carbons (Fsp3) is 0.417. The lowest BCUT2D eigenvalue weighted by molar-refractivity contribution is 0.583. The van der Waals surface area contributed by atoms with E-state index in [-0.39, 0.29) is 0 Å². The first-order valence-electron chi connectivity index (χ1n) is 4.87. The second-order valence-electron chi connectivity index (χ2n) is 3.13. The van der Waals surface area contributed by atoms with Crippen LogP contribution >= 0.6 is 0 Å². The van der Waals surface area contributed by atoms with Gasteiger partial charge in [-0.3, -0.25) is 4.98 Å². The lowest BCUT2D eigenvalue weighted by Gasteiger charge is -2.12. The normalized spacial score (nSPS) is 11.6. The number of hydrogen-bond donors (Lipinski definition) is 1. The molecule has 0 aliphatic carbocycles. The Morgan fingerprint density at radius 2 is 2.14 bits per heavy atom.